The molecular formula is C35H46FN3O5S. The van der Waals surface area contributed by atoms with E-state index in [1.165, 1.54) is 10.5 Å². The van der Waals surface area contributed by atoms with Crippen molar-refractivity contribution in [3.63, 3.8) is 0 Å². The number of fused-ring (bicyclic) bond motifs is 1. The van der Waals surface area contributed by atoms with Crippen molar-refractivity contribution in [2.75, 3.05) is 45.6 Å². The second kappa shape index (κ2) is 17.5. The van der Waals surface area contributed by atoms with Gasteiger partial charge in [-0.1, -0.05) is 18.2 Å². The van der Waals surface area contributed by atoms with E-state index in [1.54, 1.807) is 19.4 Å². The fourth-order valence-corrected chi connectivity index (χ4v) is 7.17. The van der Waals surface area contributed by atoms with Crippen LogP contribution in [0.15, 0.2) is 59.6 Å². The quantitative estimate of drug-likeness (QED) is 0.149. The van der Waals surface area contributed by atoms with Gasteiger partial charge in [-0.05, 0) is 118 Å². The Morgan fingerprint density at radius 1 is 1.16 bits per heavy atom. The number of thioether (sulfide) groups is 1. The summed E-state index contributed by atoms with van der Waals surface area (Å²) in [6.07, 6.45) is 4.96. The van der Waals surface area contributed by atoms with Gasteiger partial charge in [0.2, 0.25) is 0 Å². The molecule has 45 heavy (non-hydrogen) atoms. The Hall–Kier alpha value is -3.21. The van der Waals surface area contributed by atoms with Gasteiger partial charge in [-0.15, -0.1) is 11.8 Å². The maximum Gasteiger partial charge on any atom is 0.308 e. The number of rotatable bonds is 12. The highest BCUT2D eigenvalue weighted by atomic mass is 32.2. The van der Waals surface area contributed by atoms with E-state index in [0.717, 1.165) is 62.0 Å². The number of ether oxygens (including phenoxy) is 1. The summed E-state index contributed by atoms with van der Waals surface area (Å²) in [5.74, 6) is -0.365. The van der Waals surface area contributed by atoms with E-state index in [-0.39, 0.29) is 11.8 Å². The first-order valence-corrected chi connectivity index (χ1v) is 16.9. The molecule has 2 aliphatic heterocycles. The molecule has 3 aromatic rings. The lowest BCUT2D eigenvalue weighted by Crippen LogP contribution is -2.44. The monoisotopic (exact) mass is 639 g/mol. The second-order valence-corrected chi connectivity index (χ2v) is 13.1. The van der Waals surface area contributed by atoms with Gasteiger partial charge in [0, 0.05) is 29.6 Å². The van der Waals surface area contributed by atoms with Crippen LogP contribution in [0.3, 0.4) is 0 Å². The lowest BCUT2D eigenvalue weighted by Gasteiger charge is -2.36. The molecule has 1 aromatic heterocycles. The average molecular weight is 640 g/mol. The third-order valence-corrected chi connectivity index (χ3v) is 10.1. The smallest absolute Gasteiger partial charge is 0.308 e. The summed E-state index contributed by atoms with van der Waals surface area (Å²) < 4.78 is 20.7. The van der Waals surface area contributed by atoms with Gasteiger partial charge in [-0.2, -0.15) is 0 Å². The molecule has 2 saturated heterocycles. The maximum absolute atomic E-state index is 15.4. The van der Waals surface area contributed by atoms with Crippen molar-refractivity contribution in [1.29, 1.82) is 0 Å². The van der Waals surface area contributed by atoms with Gasteiger partial charge in [0.15, 0.2) is 0 Å². The molecule has 0 amide bonds. The fraction of sp³-hybridized carbons (Fsp3) is 0.514. The van der Waals surface area contributed by atoms with Crippen LogP contribution in [0.2, 0.25) is 0 Å². The number of alkyl halides is 1. The number of aryl methyl sites for hydroxylation is 1. The number of hydrogen-bond acceptors (Lipinski definition) is 7. The third-order valence-electron chi connectivity index (χ3n) is 8.88. The molecule has 0 saturated carbocycles. The van der Waals surface area contributed by atoms with Crippen molar-refractivity contribution in [2.45, 2.75) is 56.5 Å². The summed E-state index contributed by atoms with van der Waals surface area (Å²) in [6, 6.07) is 15.6. The van der Waals surface area contributed by atoms with E-state index in [4.69, 9.17) is 9.84 Å². The number of benzene rings is 2. The molecule has 5 rings (SSSR count). The van der Waals surface area contributed by atoms with Crippen LogP contribution >= 0.6 is 11.8 Å². The zero-order chi connectivity index (χ0) is 32.2. The molecule has 2 aliphatic rings. The van der Waals surface area contributed by atoms with Crippen molar-refractivity contribution in [2.24, 2.45) is 17.8 Å². The lowest BCUT2D eigenvalue weighted by molar-refractivity contribution is -0.146. The molecule has 2 unspecified atom stereocenters. The number of methoxy groups -OCH3 is 1. The van der Waals surface area contributed by atoms with Crippen LogP contribution in [-0.2, 0) is 9.59 Å². The third kappa shape index (κ3) is 10.1. The van der Waals surface area contributed by atoms with E-state index < -0.39 is 24.0 Å². The number of hydrogen-bond donors (Lipinski definition) is 3. The van der Waals surface area contributed by atoms with Crippen LogP contribution in [0.5, 0.6) is 5.75 Å². The number of likely N-dealkylation sites (tertiary alicyclic amines) is 1. The van der Waals surface area contributed by atoms with Gasteiger partial charge in [-0.3, -0.25) is 14.6 Å². The first-order chi connectivity index (χ1) is 21.8. The molecular weight excluding hydrogens is 593 g/mol. The number of aliphatic carboxylic acids is 2. The van der Waals surface area contributed by atoms with Crippen LogP contribution in [0.4, 0.5) is 4.39 Å². The minimum absolute atomic E-state index is 0.0130. The highest BCUT2D eigenvalue weighted by Gasteiger charge is 2.34. The molecule has 8 nitrogen and oxygen atoms in total. The fourth-order valence-electron chi connectivity index (χ4n) is 6.21. The summed E-state index contributed by atoms with van der Waals surface area (Å²) in [5.41, 5.74) is 2.61. The van der Waals surface area contributed by atoms with E-state index in [9.17, 15) is 14.7 Å². The Morgan fingerprint density at radius 2 is 1.98 bits per heavy atom. The zero-order valence-corrected chi connectivity index (χ0v) is 27.1. The molecule has 2 aromatic carbocycles. The summed E-state index contributed by atoms with van der Waals surface area (Å²) in [4.78, 5) is 30.3. The lowest BCUT2D eigenvalue weighted by atomic mass is 9.81. The average Bonchev–Trinajstić information content (AvgIpc) is 3.06. The van der Waals surface area contributed by atoms with Crippen molar-refractivity contribution in [3.05, 3.63) is 65.9 Å². The number of nitrogens with zero attached hydrogens (tertiary/aromatic N) is 2. The van der Waals surface area contributed by atoms with Crippen LogP contribution < -0.4 is 10.1 Å². The molecule has 3 N–H and O–H groups in total. The Labute approximate surface area is 269 Å². The van der Waals surface area contributed by atoms with Gasteiger partial charge < -0.3 is 25.2 Å². The Balaban J connectivity index is 0.000000440. The van der Waals surface area contributed by atoms with E-state index in [2.05, 4.69) is 46.4 Å². The van der Waals surface area contributed by atoms with Gasteiger partial charge >= 0.3 is 11.9 Å². The van der Waals surface area contributed by atoms with Crippen molar-refractivity contribution < 1.29 is 28.9 Å². The van der Waals surface area contributed by atoms with Gasteiger partial charge in [-0.25, -0.2) is 4.39 Å². The first-order valence-electron chi connectivity index (χ1n) is 15.9. The van der Waals surface area contributed by atoms with Gasteiger partial charge in [0.1, 0.15) is 11.9 Å². The first kappa shape index (κ1) is 34.7. The molecule has 0 radical (unpaired) electrons. The Kier molecular flexibility index (Phi) is 13.5. The minimum Gasteiger partial charge on any atom is -0.497 e. The molecule has 3 heterocycles. The van der Waals surface area contributed by atoms with Crippen molar-refractivity contribution in [1.82, 2.24) is 15.2 Å². The number of carboxylic acid groups (broad SMARTS) is 2. The van der Waals surface area contributed by atoms with Crippen LogP contribution in [0, 0.1) is 24.7 Å². The van der Waals surface area contributed by atoms with Gasteiger partial charge in [0.25, 0.3) is 0 Å². The molecule has 0 aliphatic carbocycles. The molecule has 0 spiro atoms. The number of nitrogens with one attached hydrogen (secondary N) is 1. The molecule has 244 valence electrons. The molecule has 10 heteroatoms. The summed E-state index contributed by atoms with van der Waals surface area (Å²) in [5, 5.41) is 22.2. The molecule has 4 atom stereocenters. The Morgan fingerprint density at radius 3 is 2.67 bits per heavy atom. The normalized spacial score (nSPS) is 21.0. The SMILES string of the molecule is COc1ccc2nccc(C(F)CC[C@@H]3CCN(CCCSc4ccccc4C)C[C@@H]3C(=O)O)c2c1.O=C(O)C1CCCNC1. The van der Waals surface area contributed by atoms with Crippen LogP contribution in [0.1, 0.15) is 55.8 Å². The topological polar surface area (TPSA) is 112 Å². The summed E-state index contributed by atoms with van der Waals surface area (Å²) in [6.45, 7) is 6.06. The van der Waals surface area contributed by atoms with E-state index in [1.807, 2.05) is 30.0 Å². The van der Waals surface area contributed by atoms with Crippen molar-refractivity contribution >= 4 is 34.6 Å². The predicted molar refractivity (Wildman–Crippen MR) is 177 cm³/mol. The van der Waals surface area contributed by atoms with E-state index >= 15 is 4.39 Å². The summed E-state index contributed by atoms with van der Waals surface area (Å²) in [7, 11) is 1.59. The second-order valence-electron chi connectivity index (χ2n) is 12.0. The predicted octanol–water partition coefficient (Wildman–Crippen LogP) is 6.62. The highest BCUT2D eigenvalue weighted by molar-refractivity contribution is 7.99. The number of carbonyl (C=O) groups is 2. The standard InChI is InChI=1S/C29H35FN2O3S.C6H11NO2/c1-20-6-3-4-7-28(20)36-17-5-15-32-16-13-21(25(19-32)29(33)34)8-10-26(30)23-12-14-31-27-11-9-22(35-2)18-24(23)27;8-6(9)5-2-1-3-7-4-5/h3-4,6-7,9,11-12,14,18,21,25-26H,5,8,10,13,15-17,19H2,1-2H3,(H,33,34);5,7H,1-4H2,(H,8,9)/t21-,25+,26?;/m1./s1. The number of pyridine rings is 1. The minimum atomic E-state index is -1.17. The number of piperidine rings is 2. The maximum atomic E-state index is 15.4. The van der Waals surface area contributed by atoms with E-state index in [0.29, 0.717) is 37.2 Å². The molecule has 2 fully saturated rings. The number of halogens is 1. The van der Waals surface area contributed by atoms with Crippen LogP contribution in [-0.4, -0.2) is 77.6 Å². The highest BCUT2D eigenvalue weighted by Crippen LogP contribution is 2.35. The number of carboxylic acids is 2. The van der Waals surface area contributed by atoms with Crippen LogP contribution in [0.25, 0.3) is 10.9 Å². The number of aromatic nitrogens is 1. The molecule has 0 bridgehead atoms. The summed E-state index contributed by atoms with van der Waals surface area (Å²) >= 11 is 1.86. The van der Waals surface area contributed by atoms with Crippen molar-refractivity contribution in [3.8, 4) is 5.75 Å². The largest absolute Gasteiger partial charge is 0.497 e. The van der Waals surface area contributed by atoms with Gasteiger partial charge in [0.05, 0.1) is 24.5 Å². The Bertz CT molecular complexity index is 1400. The zero-order valence-electron chi connectivity index (χ0n) is 26.3.